The molecule has 1 aliphatic rings. The molecule has 1 fully saturated rings. The Kier molecular flexibility index (Phi) is 5.78. The van der Waals surface area contributed by atoms with E-state index >= 15 is 0 Å². The van der Waals surface area contributed by atoms with Crippen molar-refractivity contribution in [1.29, 1.82) is 0 Å². The molecule has 1 saturated carbocycles. The molecule has 3 amide bonds. The van der Waals surface area contributed by atoms with Gasteiger partial charge in [-0.1, -0.05) is 23.7 Å². The third kappa shape index (κ3) is 4.53. The zero-order chi connectivity index (χ0) is 18.7. The molecule has 5 nitrogen and oxygen atoms in total. The highest BCUT2D eigenvalue weighted by molar-refractivity contribution is 7.10. The predicted octanol–water partition coefficient (Wildman–Crippen LogP) is 3.83. The van der Waals surface area contributed by atoms with Gasteiger partial charge in [-0.3, -0.25) is 4.79 Å². The maximum Gasteiger partial charge on any atom is 0.312 e. The van der Waals surface area contributed by atoms with Gasteiger partial charge in [0.1, 0.15) is 5.82 Å². The fourth-order valence-corrected chi connectivity index (χ4v) is 3.84. The molecular weight excluding hydrogens is 377 g/mol. The van der Waals surface area contributed by atoms with Crippen molar-refractivity contribution in [3.8, 4) is 0 Å². The molecule has 1 aromatic heterocycles. The number of thiophene rings is 1. The van der Waals surface area contributed by atoms with Gasteiger partial charge in [0, 0.05) is 21.5 Å². The van der Waals surface area contributed by atoms with Gasteiger partial charge in [-0.2, -0.15) is 0 Å². The van der Waals surface area contributed by atoms with Crippen LogP contribution in [0.3, 0.4) is 0 Å². The topological polar surface area (TPSA) is 75.4 Å². The number of nitrogens with zero attached hydrogens (tertiary/aromatic N) is 1. The van der Waals surface area contributed by atoms with E-state index in [4.69, 9.17) is 17.3 Å². The molecule has 1 aliphatic carbocycles. The van der Waals surface area contributed by atoms with Gasteiger partial charge in [-0.15, -0.1) is 11.3 Å². The van der Waals surface area contributed by atoms with Crippen LogP contribution in [0.1, 0.15) is 35.7 Å². The van der Waals surface area contributed by atoms with Gasteiger partial charge < -0.3 is 16.0 Å². The molecule has 3 N–H and O–H groups in total. The number of urea groups is 1. The summed E-state index contributed by atoms with van der Waals surface area (Å²) < 4.78 is 14.1. The number of nitrogens with two attached hydrogens (primary N) is 1. The largest absolute Gasteiger partial charge is 0.352 e. The van der Waals surface area contributed by atoms with Crippen molar-refractivity contribution in [1.82, 2.24) is 10.2 Å². The van der Waals surface area contributed by atoms with Crippen LogP contribution in [0.25, 0.3) is 0 Å². The Morgan fingerprint density at radius 1 is 1.35 bits per heavy atom. The molecule has 8 heteroatoms. The summed E-state index contributed by atoms with van der Waals surface area (Å²) in [5.41, 5.74) is 5.56. The quantitative estimate of drug-likeness (QED) is 0.747. The van der Waals surface area contributed by atoms with Crippen LogP contribution in [-0.4, -0.2) is 22.9 Å². The lowest BCUT2D eigenvalue weighted by molar-refractivity contribution is -0.133. The van der Waals surface area contributed by atoms with Crippen LogP contribution in [-0.2, 0) is 11.3 Å². The molecule has 2 aromatic rings. The van der Waals surface area contributed by atoms with E-state index in [1.165, 1.54) is 23.5 Å². The SMILES string of the molecule is NC(=O)NC(CC(=O)N(Cc1c(F)cccc1Cl)C1CC1)c1cccs1. The molecule has 0 spiro atoms. The lowest BCUT2D eigenvalue weighted by atomic mass is 10.1. The van der Waals surface area contributed by atoms with E-state index in [9.17, 15) is 14.0 Å². The van der Waals surface area contributed by atoms with Crippen molar-refractivity contribution >= 4 is 34.9 Å². The Labute approximate surface area is 159 Å². The smallest absolute Gasteiger partial charge is 0.312 e. The molecule has 1 atom stereocenters. The van der Waals surface area contributed by atoms with Crippen LogP contribution in [0, 0.1) is 5.82 Å². The normalized spacial score (nSPS) is 14.7. The first-order valence-corrected chi connectivity index (χ1v) is 9.53. The zero-order valence-corrected chi connectivity index (χ0v) is 15.5. The van der Waals surface area contributed by atoms with Gasteiger partial charge in [0.15, 0.2) is 0 Å². The summed E-state index contributed by atoms with van der Waals surface area (Å²) in [5, 5.41) is 4.78. The maximum absolute atomic E-state index is 14.1. The predicted molar refractivity (Wildman–Crippen MR) is 99.4 cm³/mol. The van der Waals surface area contributed by atoms with Crippen molar-refractivity contribution < 1.29 is 14.0 Å². The summed E-state index contributed by atoms with van der Waals surface area (Å²) in [5.74, 6) is -0.597. The summed E-state index contributed by atoms with van der Waals surface area (Å²) >= 11 is 7.55. The second-order valence-electron chi connectivity index (χ2n) is 6.23. The first-order valence-electron chi connectivity index (χ1n) is 8.27. The Morgan fingerprint density at radius 2 is 2.12 bits per heavy atom. The molecule has 1 heterocycles. The number of hydrogen-bond acceptors (Lipinski definition) is 3. The van der Waals surface area contributed by atoms with E-state index in [2.05, 4.69) is 5.32 Å². The molecule has 26 heavy (non-hydrogen) atoms. The molecule has 3 rings (SSSR count). The van der Waals surface area contributed by atoms with Gasteiger partial charge in [0.05, 0.1) is 19.0 Å². The molecule has 1 unspecified atom stereocenters. The summed E-state index contributed by atoms with van der Waals surface area (Å²) in [6.45, 7) is 0.114. The molecular formula is C18H19ClFN3O2S. The Bertz CT molecular complexity index is 775. The maximum atomic E-state index is 14.1. The second kappa shape index (κ2) is 8.05. The fraction of sp³-hybridized carbons (Fsp3) is 0.333. The van der Waals surface area contributed by atoms with Crippen LogP contribution in [0.5, 0.6) is 0 Å². The van der Waals surface area contributed by atoms with Crippen molar-refractivity contribution in [3.05, 3.63) is 57.0 Å². The van der Waals surface area contributed by atoms with Crippen LogP contribution >= 0.6 is 22.9 Å². The van der Waals surface area contributed by atoms with E-state index in [-0.39, 0.29) is 24.9 Å². The lowest BCUT2D eigenvalue weighted by Crippen LogP contribution is -2.39. The summed E-state index contributed by atoms with van der Waals surface area (Å²) in [6.07, 6.45) is 1.82. The van der Waals surface area contributed by atoms with Crippen molar-refractivity contribution in [2.75, 3.05) is 0 Å². The lowest BCUT2D eigenvalue weighted by Gasteiger charge is -2.26. The minimum absolute atomic E-state index is 0.0615. The summed E-state index contributed by atoms with van der Waals surface area (Å²) in [7, 11) is 0. The molecule has 1 aromatic carbocycles. The van der Waals surface area contributed by atoms with Crippen molar-refractivity contribution in [3.63, 3.8) is 0 Å². The average Bonchev–Trinajstić information content (AvgIpc) is 3.26. The highest BCUT2D eigenvalue weighted by Crippen LogP contribution is 2.33. The van der Waals surface area contributed by atoms with Crippen LogP contribution < -0.4 is 11.1 Å². The number of carbonyl (C=O) groups is 2. The van der Waals surface area contributed by atoms with E-state index in [1.807, 2.05) is 17.5 Å². The Hall–Kier alpha value is -2.12. The number of hydrogen-bond donors (Lipinski definition) is 2. The number of carbonyl (C=O) groups excluding carboxylic acids is 2. The monoisotopic (exact) mass is 395 g/mol. The average molecular weight is 396 g/mol. The minimum Gasteiger partial charge on any atom is -0.352 e. The molecule has 0 saturated heterocycles. The highest BCUT2D eigenvalue weighted by Gasteiger charge is 2.34. The summed E-state index contributed by atoms with van der Waals surface area (Å²) in [6, 6.07) is 7.05. The van der Waals surface area contributed by atoms with Crippen molar-refractivity contribution in [2.24, 2.45) is 5.73 Å². The van der Waals surface area contributed by atoms with Gasteiger partial charge in [-0.25, -0.2) is 9.18 Å². The van der Waals surface area contributed by atoms with Crippen LogP contribution in [0.2, 0.25) is 5.02 Å². The first-order chi connectivity index (χ1) is 12.5. The number of primary amides is 1. The van der Waals surface area contributed by atoms with E-state index < -0.39 is 17.9 Å². The first kappa shape index (κ1) is 18.7. The third-order valence-corrected chi connectivity index (χ3v) is 5.62. The van der Waals surface area contributed by atoms with Crippen LogP contribution in [0.4, 0.5) is 9.18 Å². The third-order valence-electron chi connectivity index (χ3n) is 4.28. The number of halogens is 2. The summed E-state index contributed by atoms with van der Waals surface area (Å²) in [4.78, 5) is 26.7. The fourth-order valence-electron chi connectivity index (χ4n) is 2.84. The minimum atomic E-state index is -0.689. The number of benzene rings is 1. The van der Waals surface area contributed by atoms with Crippen molar-refractivity contribution in [2.45, 2.75) is 37.9 Å². The second-order valence-corrected chi connectivity index (χ2v) is 7.62. The standard InChI is InChI=1S/C18H19ClFN3O2S/c19-13-3-1-4-14(20)12(13)10-23(11-6-7-11)17(24)9-15(22-18(21)25)16-5-2-8-26-16/h1-5,8,11,15H,6-7,9-10H2,(H3,21,22,25). The highest BCUT2D eigenvalue weighted by atomic mass is 35.5. The Balaban J connectivity index is 1.77. The van der Waals surface area contributed by atoms with Gasteiger partial charge in [0.2, 0.25) is 5.91 Å². The van der Waals surface area contributed by atoms with Crippen LogP contribution in [0.15, 0.2) is 35.7 Å². The van der Waals surface area contributed by atoms with E-state index in [0.717, 1.165) is 17.7 Å². The number of rotatable bonds is 7. The van der Waals surface area contributed by atoms with Gasteiger partial charge in [-0.05, 0) is 36.4 Å². The molecule has 0 bridgehead atoms. The Morgan fingerprint density at radius 3 is 2.69 bits per heavy atom. The number of nitrogens with one attached hydrogen (secondary N) is 1. The molecule has 138 valence electrons. The van der Waals surface area contributed by atoms with Gasteiger partial charge in [0.25, 0.3) is 0 Å². The van der Waals surface area contributed by atoms with E-state index in [1.54, 1.807) is 11.0 Å². The zero-order valence-electron chi connectivity index (χ0n) is 14.0. The van der Waals surface area contributed by atoms with E-state index in [0.29, 0.717) is 10.6 Å². The van der Waals surface area contributed by atoms with Gasteiger partial charge >= 0.3 is 6.03 Å². The molecule has 0 radical (unpaired) electrons. The molecule has 0 aliphatic heterocycles. The number of amides is 3.